The maximum absolute atomic E-state index is 4.65. The number of rotatable bonds is 4. The first kappa shape index (κ1) is 16.6. The Labute approximate surface area is 142 Å². The van der Waals surface area contributed by atoms with Gasteiger partial charge in [-0.05, 0) is 6.42 Å². The highest BCUT2D eigenvalue weighted by Gasteiger charge is 2.23. The minimum absolute atomic E-state index is 0.136. The third-order valence-electron chi connectivity index (χ3n) is 4.15. The van der Waals surface area contributed by atoms with E-state index in [0.717, 1.165) is 37.6 Å². The molecule has 2 aromatic heterocycles. The summed E-state index contributed by atoms with van der Waals surface area (Å²) in [7, 11) is 0. The van der Waals surface area contributed by atoms with Gasteiger partial charge in [0.1, 0.15) is 5.82 Å². The maximum Gasteiger partial charge on any atom is 0.153 e. The summed E-state index contributed by atoms with van der Waals surface area (Å²) in [5.41, 5.74) is 0.136. The second kappa shape index (κ2) is 6.32. The zero-order valence-electron chi connectivity index (χ0n) is 14.8. The third-order valence-corrected chi connectivity index (χ3v) is 5.57. The van der Waals surface area contributed by atoms with E-state index >= 15 is 0 Å². The van der Waals surface area contributed by atoms with Crippen molar-refractivity contribution in [3.8, 4) is 0 Å². The Kier molecular flexibility index (Phi) is 4.56. The molecule has 0 bridgehead atoms. The van der Waals surface area contributed by atoms with E-state index in [4.69, 9.17) is 0 Å². The predicted octanol–water partition coefficient (Wildman–Crippen LogP) is 3.26. The molecule has 0 saturated carbocycles. The van der Waals surface area contributed by atoms with Crippen LogP contribution in [0.4, 0.5) is 0 Å². The Morgan fingerprint density at radius 1 is 1.39 bits per heavy atom. The normalized spacial score (nSPS) is 18.4. The van der Waals surface area contributed by atoms with Crippen molar-refractivity contribution in [1.29, 1.82) is 0 Å². The molecule has 126 valence electrons. The molecule has 6 heteroatoms. The SMILES string of the molecule is CC(C)c1nc2n(n1)CC(NCc1cnc(C(C)(C)C)s1)CC2. The molecule has 1 N–H and O–H groups in total. The van der Waals surface area contributed by atoms with Crippen LogP contribution in [-0.2, 0) is 24.9 Å². The first-order chi connectivity index (χ1) is 10.8. The number of nitrogens with one attached hydrogen (secondary N) is 1. The van der Waals surface area contributed by atoms with E-state index in [9.17, 15) is 0 Å². The van der Waals surface area contributed by atoms with Gasteiger partial charge in [0.25, 0.3) is 0 Å². The molecule has 0 aromatic carbocycles. The molecule has 0 aliphatic carbocycles. The molecule has 1 aliphatic rings. The van der Waals surface area contributed by atoms with Crippen LogP contribution >= 0.6 is 11.3 Å². The van der Waals surface area contributed by atoms with Crippen molar-refractivity contribution < 1.29 is 0 Å². The first-order valence-electron chi connectivity index (χ1n) is 8.45. The minimum Gasteiger partial charge on any atom is -0.307 e. The lowest BCUT2D eigenvalue weighted by molar-refractivity contribution is 0.358. The zero-order chi connectivity index (χ0) is 16.6. The summed E-state index contributed by atoms with van der Waals surface area (Å²) in [5, 5.41) is 9.52. The van der Waals surface area contributed by atoms with Crippen LogP contribution in [0.25, 0.3) is 0 Å². The second-order valence-corrected chi connectivity index (χ2v) is 8.84. The Bertz CT molecular complexity index is 665. The molecule has 1 atom stereocenters. The van der Waals surface area contributed by atoms with Gasteiger partial charge in [-0.2, -0.15) is 5.10 Å². The fourth-order valence-electron chi connectivity index (χ4n) is 2.72. The second-order valence-electron chi connectivity index (χ2n) is 7.72. The van der Waals surface area contributed by atoms with Gasteiger partial charge in [-0.3, -0.25) is 0 Å². The molecule has 0 radical (unpaired) electrons. The Morgan fingerprint density at radius 3 is 2.83 bits per heavy atom. The molecule has 0 amide bonds. The molecule has 1 unspecified atom stereocenters. The Hall–Kier alpha value is -1.27. The molecule has 1 aliphatic heterocycles. The first-order valence-corrected chi connectivity index (χ1v) is 9.27. The van der Waals surface area contributed by atoms with Crippen molar-refractivity contribution in [3.63, 3.8) is 0 Å². The number of thiazole rings is 1. The molecule has 23 heavy (non-hydrogen) atoms. The minimum atomic E-state index is 0.136. The fourth-order valence-corrected chi connectivity index (χ4v) is 3.64. The standard InChI is InChI=1S/C17H27N5S/c1-11(2)15-20-14-7-6-12(10-22(14)21-15)18-8-13-9-19-16(23-13)17(3,4)5/h9,11-12,18H,6-8,10H2,1-5H3. The monoisotopic (exact) mass is 333 g/mol. The number of aryl methyl sites for hydroxylation is 1. The summed E-state index contributed by atoms with van der Waals surface area (Å²) in [5.74, 6) is 2.50. The van der Waals surface area contributed by atoms with Gasteiger partial charge < -0.3 is 5.32 Å². The van der Waals surface area contributed by atoms with E-state index in [1.807, 2.05) is 17.5 Å². The van der Waals surface area contributed by atoms with Crippen molar-refractivity contribution in [3.05, 3.63) is 27.7 Å². The largest absolute Gasteiger partial charge is 0.307 e. The summed E-state index contributed by atoms with van der Waals surface area (Å²) in [6.07, 6.45) is 4.15. The lowest BCUT2D eigenvalue weighted by Gasteiger charge is -2.23. The Balaban J connectivity index is 1.58. The summed E-state index contributed by atoms with van der Waals surface area (Å²) < 4.78 is 2.09. The predicted molar refractivity (Wildman–Crippen MR) is 93.9 cm³/mol. The van der Waals surface area contributed by atoms with Crippen molar-refractivity contribution in [2.45, 2.75) is 77.9 Å². The lowest BCUT2D eigenvalue weighted by Crippen LogP contribution is -2.37. The van der Waals surface area contributed by atoms with E-state index < -0.39 is 0 Å². The van der Waals surface area contributed by atoms with Crippen molar-refractivity contribution >= 4 is 11.3 Å². The van der Waals surface area contributed by atoms with Gasteiger partial charge in [-0.25, -0.2) is 14.6 Å². The average molecular weight is 334 g/mol. The van der Waals surface area contributed by atoms with Crippen LogP contribution in [0.15, 0.2) is 6.20 Å². The maximum atomic E-state index is 4.65. The smallest absolute Gasteiger partial charge is 0.153 e. The zero-order valence-corrected chi connectivity index (χ0v) is 15.6. The quantitative estimate of drug-likeness (QED) is 0.933. The van der Waals surface area contributed by atoms with Crippen LogP contribution in [0.2, 0.25) is 0 Å². The van der Waals surface area contributed by atoms with Gasteiger partial charge in [0.15, 0.2) is 5.82 Å². The number of hydrogen-bond acceptors (Lipinski definition) is 5. The van der Waals surface area contributed by atoms with E-state index in [0.29, 0.717) is 12.0 Å². The summed E-state index contributed by atoms with van der Waals surface area (Å²) in [6, 6.07) is 0.462. The molecule has 5 nitrogen and oxygen atoms in total. The number of aromatic nitrogens is 4. The van der Waals surface area contributed by atoms with Crippen molar-refractivity contribution in [2.24, 2.45) is 0 Å². The molecule has 0 saturated heterocycles. The third kappa shape index (κ3) is 3.80. The van der Waals surface area contributed by atoms with Gasteiger partial charge in [0.2, 0.25) is 0 Å². The van der Waals surface area contributed by atoms with E-state index in [1.54, 1.807) is 0 Å². The molecular weight excluding hydrogens is 306 g/mol. The lowest BCUT2D eigenvalue weighted by atomic mass is 9.98. The highest BCUT2D eigenvalue weighted by Crippen LogP contribution is 2.27. The highest BCUT2D eigenvalue weighted by molar-refractivity contribution is 7.11. The molecular formula is C17H27N5S. The number of fused-ring (bicyclic) bond motifs is 1. The molecule has 3 rings (SSSR count). The van der Waals surface area contributed by atoms with Gasteiger partial charge in [-0.15, -0.1) is 11.3 Å². The van der Waals surface area contributed by atoms with Crippen LogP contribution in [0.1, 0.15) is 68.5 Å². The Morgan fingerprint density at radius 2 is 2.17 bits per heavy atom. The van der Waals surface area contributed by atoms with E-state index in [1.165, 1.54) is 9.88 Å². The van der Waals surface area contributed by atoms with Crippen LogP contribution < -0.4 is 5.32 Å². The van der Waals surface area contributed by atoms with Crippen LogP contribution in [0.5, 0.6) is 0 Å². The number of nitrogens with zero attached hydrogens (tertiary/aromatic N) is 4. The van der Waals surface area contributed by atoms with Gasteiger partial charge >= 0.3 is 0 Å². The van der Waals surface area contributed by atoms with Gasteiger partial charge in [0.05, 0.1) is 11.6 Å². The van der Waals surface area contributed by atoms with Crippen molar-refractivity contribution in [2.75, 3.05) is 0 Å². The molecule has 0 fully saturated rings. The van der Waals surface area contributed by atoms with Crippen LogP contribution in [0.3, 0.4) is 0 Å². The average Bonchev–Trinajstić information content (AvgIpc) is 3.10. The van der Waals surface area contributed by atoms with Gasteiger partial charge in [0, 0.05) is 41.4 Å². The summed E-state index contributed by atoms with van der Waals surface area (Å²) in [6.45, 7) is 12.7. The molecule has 3 heterocycles. The number of hydrogen-bond donors (Lipinski definition) is 1. The van der Waals surface area contributed by atoms with E-state index in [2.05, 4.69) is 59.7 Å². The fraction of sp³-hybridized carbons (Fsp3) is 0.706. The summed E-state index contributed by atoms with van der Waals surface area (Å²) >= 11 is 1.81. The molecule has 2 aromatic rings. The van der Waals surface area contributed by atoms with Crippen LogP contribution in [0, 0.1) is 0 Å². The summed E-state index contributed by atoms with van der Waals surface area (Å²) in [4.78, 5) is 10.5. The molecule has 0 spiro atoms. The highest BCUT2D eigenvalue weighted by atomic mass is 32.1. The van der Waals surface area contributed by atoms with Crippen molar-refractivity contribution in [1.82, 2.24) is 25.1 Å². The van der Waals surface area contributed by atoms with Crippen LogP contribution in [-0.4, -0.2) is 25.8 Å². The van der Waals surface area contributed by atoms with E-state index in [-0.39, 0.29) is 5.41 Å². The topological polar surface area (TPSA) is 55.6 Å². The van der Waals surface area contributed by atoms with Gasteiger partial charge in [-0.1, -0.05) is 34.6 Å².